The third-order valence-corrected chi connectivity index (χ3v) is 3.74. The Kier molecular flexibility index (Phi) is 6.55. The molecule has 1 heterocycles. The van der Waals surface area contributed by atoms with Gasteiger partial charge in [0.1, 0.15) is 6.61 Å². The fourth-order valence-electron chi connectivity index (χ4n) is 2.66. The Morgan fingerprint density at radius 3 is 2.12 bits per heavy atom. The molecule has 1 fully saturated rings. The van der Waals surface area contributed by atoms with Gasteiger partial charge in [-0.3, -0.25) is 4.79 Å². The van der Waals surface area contributed by atoms with Crippen LogP contribution in [0.15, 0.2) is 60.7 Å². The number of cyclic esters (lactones) is 1. The van der Waals surface area contributed by atoms with E-state index in [1.165, 1.54) is 4.90 Å². The van der Waals surface area contributed by atoms with Crippen LogP contribution >= 0.6 is 0 Å². The van der Waals surface area contributed by atoms with Crippen molar-refractivity contribution in [3.63, 3.8) is 0 Å². The lowest BCUT2D eigenvalue weighted by atomic mass is 10.0. The van der Waals surface area contributed by atoms with E-state index in [1.54, 1.807) is 0 Å². The standard InChI is InChI=1S/C18H17NO3.C2H6/c20-17(12-15-9-5-2-6-10-15)19-16(13-22-18(19)21)11-14-7-3-1-4-8-14;1-2/h1-10,16H,11-13H2;1-2H3. The first-order valence-electron chi connectivity index (χ1n) is 8.30. The summed E-state index contributed by atoms with van der Waals surface area (Å²) in [6.45, 7) is 4.26. The smallest absolute Gasteiger partial charge is 0.416 e. The van der Waals surface area contributed by atoms with Crippen molar-refractivity contribution in [2.45, 2.75) is 32.7 Å². The number of carbonyl (C=O) groups is 2. The van der Waals surface area contributed by atoms with Gasteiger partial charge >= 0.3 is 6.09 Å². The lowest BCUT2D eigenvalue weighted by Gasteiger charge is -2.19. The molecular weight excluding hydrogens is 302 g/mol. The summed E-state index contributed by atoms with van der Waals surface area (Å²) in [5, 5.41) is 0. The minimum Gasteiger partial charge on any atom is -0.447 e. The highest BCUT2D eigenvalue weighted by Gasteiger charge is 2.37. The molecule has 0 spiro atoms. The largest absolute Gasteiger partial charge is 0.447 e. The zero-order valence-electron chi connectivity index (χ0n) is 14.1. The molecule has 3 rings (SSSR count). The molecule has 0 aliphatic carbocycles. The molecule has 1 atom stereocenters. The van der Waals surface area contributed by atoms with Crippen molar-refractivity contribution < 1.29 is 14.3 Å². The van der Waals surface area contributed by atoms with Crippen molar-refractivity contribution in [2.24, 2.45) is 0 Å². The summed E-state index contributed by atoms with van der Waals surface area (Å²) in [6.07, 6.45) is 0.288. The summed E-state index contributed by atoms with van der Waals surface area (Å²) in [4.78, 5) is 25.6. The van der Waals surface area contributed by atoms with E-state index in [1.807, 2.05) is 74.5 Å². The van der Waals surface area contributed by atoms with E-state index in [9.17, 15) is 9.59 Å². The van der Waals surface area contributed by atoms with E-state index in [4.69, 9.17) is 4.74 Å². The molecule has 24 heavy (non-hydrogen) atoms. The Balaban J connectivity index is 0.00000100. The molecular formula is C20H23NO3. The van der Waals surface area contributed by atoms with Crippen LogP contribution < -0.4 is 0 Å². The van der Waals surface area contributed by atoms with Crippen molar-refractivity contribution in [2.75, 3.05) is 6.61 Å². The second-order valence-corrected chi connectivity index (χ2v) is 5.35. The number of carbonyl (C=O) groups excluding carboxylic acids is 2. The Morgan fingerprint density at radius 2 is 1.54 bits per heavy atom. The molecule has 4 nitrogen and oxygen atoms in total. The van der Waals surface area contributed by atoms with Crippen molar-refractivity contribution in [3.05, 3.63) is 71.8 Å². The highest BCUT2D eigenvalue weighted by molar-refractivity contribution is 5.94. The summed E-state index contributed by atoms with van der Waals surface area (Å²) < 4.78 is 5.08. The molecule has 0 saturated carbocycles. The summed E-state index contributed by atoms with van der Waals surface area (Å²) >= 11 is 0. The third-order valence-electron chi connectivity index (χ3n) is 3.74. The van der Waals surface area contributed by atoms with E-state index in [-0.39, 0.29) is 25.0 Å². The molecule has 2 aromatic carbocycles. The Labute approximate surface area is 143 Å². The van der Waals surface area contributed by atoms with Gasteiger partial charge in [0.05, 0.1) is 12.5 Å². The van der Waals surface area contributed by atoms with E-state index in [2.05, 4.69) is 0 Å². The first-order chi connectivity index (χ1) is 11.7. The highest BCUT2D eigenvalue weighted by atomic mass is 16.6. The molecule has 1 saturated heterocycles. The van der Waals surface area contributed by atoms with E-state index in [0.29, 0.717) is 6.42 Å². The molecule has 0 aromatic heterocycles. The topological polar surface area (TPSA) is 46.6 Å². The van der Waals surface area contributed by atoms with Crippen LogP contribution in [0.5, 0.6) is 0 Å². The minimum atomic E-state index is -0.540. The predicted octanol–water partition coefficient (Wildman–Crippen LogP) is 3.85. The van der Waals surface area contributed by atoms with Gasteiger partial charge in [-0.25, -0.2) is 9.69 Å². The third kappa shape index (κ3) is 4.44. The summed E-state index contributed by atoms with van der Waals surface area (Å²) in [5.74, 6) is -0.213. The Bertz CT molecular complexity index is 655. The number of benzene rings is 2. The van der Waals surface area contributed by atoms with Gasteiger partial charge in [0.2, 0.25) is 5.91 Å². The maximum Gasteiger partial charge on any atom is 0.416 e. The maximum absolute atomic E-state index is 12.5. The van der Waals surface area contributed by atoms with E-state index >= 15 is 0 Å². The van der Waals surface area contributed by atoms with Crippen LogP contribution in [-0.4, -0.2) is 29.5 Å². The van der Waals surface area contributed by atoms with Crippen LogP contribution in [0.25, 0.3) is 0 Å². The van der Waals surface area contributed by atoms with Crippen LogP contribution in [0.4, 0.5) is 4.79 Å². The fourth-order valence-corrected chi connectivity index (χ4v) is 2.66. The average molecular weight is 325 g/mol. The predicted molar refractivity (Wildman–Crippen MR) is 93.6 cm³/mol. The molecule has 0 radical (unpaired) electrons. The van der Waals surface area contributed by atoms with Crippen LogP contribution in [0.2, 0.25) is 0 Å². The molecule has 126 valence electrons. The Hall–Kier alpha value is -2.62. The molecule has 0 N–H and O–H groups in total. The number of hydrogen-bond acceptors (Lipinski definition) is 3. The maximum atomic E-state index is 12.5. The molecule has 4 heteroatoms. The average Bonchev–Trinajstić information content (AvgIpc) is 2.99. The van der Waals surface area contributed by atoms with Gasteiger partial charge < -0.3 is 4.74 Å². The quantitative estimate of drug-likeness (QED) is 0.858. The minimum absolute atomic E-state index is 0.210. The lowest BCUT2D eigenvalue weighted by molar-refractivity contribution is -0.128. The van der Waals surface area contributed by atoms with Gasteiger partial charge in [-0.05, 0) is 17.5 Å². The van der Waals surface area contributed by atoms with Gasteiger partial charge in [0.15, 0.2) is 0 Å². The van der Waals surface area contributed by atoms with E-state index < -0.39 is 6.09 Å². The second kappa shape index (κ2) is 8.87. The van der Waals surface area contributed by atoms with E-state index in [0.717, 1.165) is 11.1 Å². The number of amides is 2. The summed E-state index contributed by atoms with van der Waals surface area (Å²) in [6, 6.07) is 19.0. The number of nitrogens with zero attached hydrogens (tertiary/aromatic N) is 1. The number of ether oxygens (including phenoxy) is 1. The number of imide groups is 1. The van der Waals surface area contributed by atoms with Gasteiger partial charge in [-0.2, -0.15) is 0 Å². The normalized spacial score (nSPS) is 16.2. The van der Waals surface area contributed by atoms with Crippen molar-refractivity contribution >= 4 is 12.0 Å². The fraction of sp³-hybridized carbons (Fsp3) is 0.300. The van der Waals surface area contributed by atoms with Crippen molar-refractivity contribution in [1.82, 2.24) is 4.90 Å². The van der Waals surface area contributed by atoms with Crippen molar-refractivity contribution in [1.29, 1.82) is 0 Å². The van der Waals surface area contributed by atoms with Gasteiger partial charge in [-0.15, -0.1) is 0 Å². The monoisotopic (exact) mass is 325 g/mol. The van der Waals surface area contributed by atoms with Gasteiger partial charge in [0.25, 0.3) is 0 Å². The molecule has 1 aliphatic heterocycles. The van der Waals surface area contributed by atoms with Gasteiger partial charge in [-0.1, -0.05) is 74.5 Å². The zero-order chi connectivity index (χ0) is 17.4. The molecule has 2 aromatic rings. The van der Waals surface area contributed by atoms with Crippen molar-refractivity contribution in [3.8, 4) is 0 Å². The molecule has 1 unspecified atom stereocenters. The SMILES string of the molecule is CC.O=C(Cc1ccccc1)N1C(=O)OCC1Cc1ccccc1. The summed E-state index contributed by atoms with van der Waals surface area (Å²) in [7, 11) is 0. The zero-order valence-corrected chi connectivity index (χ0v) is 14.1. The first-order valence-corrected chi connectivity index (χ1v) is 8.30. The molecule has 2 amide bonds. The number of rotatable bonds is 4. The van der Waals surface area contributed by atoms with Gasteiger partial charge in [0, 0.05) is 0 Å². The van der Waals surface area contributed by atoms with Crippen LogP contribution in [0, 0.1) is 0 Å². The van der Waals surface area contributed by atoms with Crippen LogP contribution in [0.1, 0.15) is 25.0 Å². The first kappa shape index (κ1) is 17.7. The van der Waals surface area contributed by atoms with Crippen LogP contribution in [0.3, 0.4) is 0 Å². The highest BCUT2D eigenvalue weighted by Crippen LogP contribution is 2.18. The van der Waals surface area contributed by atoms with Crippen LogP contribution in [-0.2, 0) is 22.4 Å². The molecule has 0 bridgehead atoms. The second-order valence-electron chi connectivity index (χ2n) is 5.35. The lowest BCUT2D eigenvalue weighted by Crippen LogP contribution is -2.41. The molecule has 1 aliphatic rings. The summed E-state index contributed by atoms with van der Waals surface area (Å²) in [5.41, 5.74) is 1.98. The number of hydrogen-bond donors (Lipinski definition) is 0. The Morgan fingerprint density at radius 1 is 1.00 bits per heavy atom.